The lowest BCUT2D eigenvalue weighted by Gasteiger charge is -2.25. The molecule has 0 unspecified atom stereocenters. The summed E-state index contributed by atoms with van der Waals surface area (Å²) in [5.74, 6) is 2.31. The number of nitrogens with one attached hydrogen (secondary N) is 4. The second kappa shape index (κ2) is 19.9. The molecular weight excluding hydrogens is 434 g/mol. The minimum atomic E-state index is 0.929. The number of hydrogen-bond acceptors (Lipinski definition) is 7. The normalized spacial score (nSPS) is 11.5. The molecule has 0 spiro atoms. The van der Waals surface area contributed by atoms with Crippen LogP contribution in [0.3, 0.4) is 0 Å². The van der Waals surface area contributed by atoms with Gasteiger partial charge in [0, 0.05) is 43.9 Å². The van der Waals surface area contributed by atoms with E-state index >= 15 is 0 Å². The predicted octanol–water partition coefficient (Wildman–Crippen LogP) is 5.78. The topological polar surface area (TPSA) is 51.4 Å². The molecule has 7 heteroatoms. The Balaban J connectivity index is 2.47. The minimum absolute atomic E-state index is 0.929. The molecule has 0 aliphatic rings. The van der Waals surface area contributed by atoms with Crippen molar-refractivity contribution in [3.8, 4) is 0 Å². The zero-order chi connectivity index (χ0) is 23.3. The SMILES string of the molecule is C=CC=C(C=CNC)NNc1ccc(N(CCCC)CCSSCCNCCCC)cc1. The van der Waals surface area contributed by atoms with Crippen molar-refractivity contribution >= 4 is 33.0 Å². The molecule has 0 aliphatic carbocycles. The summed E-state index contributed by atoms with van der Waals surface area (Å²) < 4.78 is 0. The predicted molar refractivity (Wildman–Crippen MR) is 149 cm³/mol. The Morgan fingerprint density at radius 3 is 2.44 bits per heavy atom. The second-order valence-corrected chi connectivity index (χ2v) is 10.1. The molecule has 180 valence electrons. The van der Waals surface area contributed by atoms with Gasteiger partial charge in [-0.3, -0.25) is 0 Å². The van der Waals surface area contributed by atoms with E-state index in [1.54, 1.807) is 6.08 Å². The van der Waals surface area contributed by atoms with Gasteiger partial charge in [-0.05, 0) is 62.0 Å². The Morgan fingerprint density at radius 2 is 1.75 bits per heavy atom. The summed E-state index contributed by atoms with van der Waals surface area (Å²) in [4.78, 5) is 2.51. The summed E-state index contributed by atoms with van der Waals surface area (Å²) in [6.45, 7) is 12.7. The van der Waals surface area contributed by atoms with Gasteiger partial charge < -0.3 is 26.4 Å². The summed E-state index contributed by atoms with van der Waals surface area (Å²) in [6.07, 6.45) is 12.5. The Kier molecular flexibility index (Phi) is 17.7. The van der Waals surface area contributed by atoms with Gasteiger partial charge in [-0.15, -0.1) is 0 Å². The van der Waals surface area contributed by atoms with Gasteiger partial charge in [0.2, 0.25) is 0 Å². The first-order valence-electron chi connectivity index (χ1n) is 11.7. The standard InChI is InChI=1S/C25H43N5S2/c1-5-8-16-27-18-21-31-32-22-20-30(19-9-6-2)25-13-11-24(12-14-25)29-28-23(10-7-3)15-17-26-4/h7,10-15,17,26-29H,3,5-6,8-9,16,18-22H2,1-2,4H3. The third kappa shape index (κ3) is 13.7. The van der Waals surface area contributed by atoms with E-state index in [0.29, 0.717) is 0 Å². The summed E-state index contributed by atoms with van der Waals surface area (Å²) in [7, 11) is 5.84. The number of rotatable bonds is 20. The van der Waals surface area contributed by atoms with Crippen LogP contribution in [0.1, 0.15) is 39.5 Å². The van der Waals surface area contributed by atoms with Crippen LogP contribution in [0.2, 0.25) is 0 Å². The molecule has 4 N–H and O–H groups in total. The minimum Gasteiger partial charge on any atom is -0.394 e. The maximum atomic E-state index is 3.76. The molecule has 0 aromatic heterocycles. The highest BCUT2D eigenvalue weighted by Gasteiger charge is 2.06. The number of nitrogens with zero attached hydrogens (tertiary/aromatic N) is 1. The number of allylic oxidation sites excluding steroid dienone is 3. The Morgan fingerprint density at radius 1 is 1.00 bits per heavy atom. The van der Waals surface area contributed by atoms with E-state index in [9.17, 15) is 0 Å². The highest BCUT2D eigenvalue weighted by Crippen LogP contribution is 2.23. The maximum absolute atomic E-state index is 3.76. The molecule has 1 rings (SSSR count). The Hall–Kier alpha value is -1.70. The quantitative estimate of drug-likeness (QED) is 0.0821. The van der Waals surface area contributed by atoms with E-state index < -0.39 is 0 Å². The third-order valence-corrected chi connectivity index (χ3v) is 7.08. The lowest BCUT2D eigenvalue weighted by molar-refractivity contribution is 0.666. The molecule has 0 saturated heterocycles. The van der Waals surface area contributed by atoms with Gasteiger partial charge in [0.15, 0.2) is 0 Å². The molecule has 0 radical (unpaired) electrons. The van der Waals surface area contributed by atoms with Gasteiger partial charge in [0.05, 0.1) is 11.4 Å². The van der Waals surface area contributed by atoms with Crippen LogP contribution < -0.4 is 26.4 Å². The second-order valence-electron chi connectivity index (χ2n) is 7.36. The fraction of sp³-hybridized carbons (Fsp3) is 0.520. The first-order valence-corrected chi connectivity index (χ1v) is 14.2. The van der Waals surface area contributed by atoms with Gasteiger partial charge in [-0.1, -0.05) is 60.9 Å². The molecule has 32 heavy (non-hydrogen) atoms. The molecule has 0 aliphatic heterocycles. The smallest absolute Gasteiger partial charge is 0.0553 e. The molecule has 0 heterocycles. The molecule has 0 amide bonds. The lowest BCUT2D eigenvalue weighted by atomic mass is 10.2. The van der Waals surface area contributed by atoms with Gasteiger partial charge in [-0.25, -0.2) is 0 Å². The zero-order valence-electron chi connectivity index (χ0n) is 20.2. The number of unbranched alkanes of at least 4 members (excludes halogenated alkanes) is 2. The number of benzene rings is 1. The average molecular weight is 478 g/mol. The van der Waals surface area contributed by atoms with Crippen molar-refractivity contribution in [3.63, 3.8) is 0 Å². The van der Waals surface area contributed by atoms with Crippen LogP contribution >= 0.6 is 21.6 Å². The molecule has 0 atom stereocenters. The summed E-state index contributed by atoms with van der Waals surface area (Å²) >= 11 is 0. The van der Waals surface area contributed by atoms with Crippen molar-refractivity contribution in [2.24, 2.45) is 0 Å². The Bertz CT molecular complexity index is 646. The van der Waals surface area contributed by atoms with Crippen molar-refractivity contribution in [2.75, 3.05) is 55.1 Å². The van der Waals surface area contributed by atoms with Gasteiger partial charge in [0.25, 0.3) is 0 Å². The molecule has 0 saturated carbocycles. The summed E-state index contributed by atoms with van der Waals surface area (Å²) in [6, 6.07) is 8.65. The molecular formula is C25H43N5S2. The zero-order valence-corrected chi connectivity index (χ0v) is 21.8. The molecule has 0 fully saturated rings. The Labute approximate surface area is 204 Å². The molecule has 0 bridgehead atoms. The van der Waals surface area contributed by atoms with Crippen LogP contribution in [0.5, 0.6) is 0 Å². The van der Waals surface area contributed by atoms with Crippen molar-refractivity contribution in [3.05, 3.63) is 61.0 Å². The van der Waals surface area contributed by atoms with Crippen LogP contribution in [0.4, 0.5) is 11.4 Å². The van der Waals surface area contributed by atoms with E-state index in [1.165, 1.54) is 37.1 Å². The van der Waals surface area contributed by atoms with Crippen molar-refractivity contribution in [1.82, 2.24) is 16.1 Å². The number of hydrazine groups is 1. The summed E-state index contributed by atoms with van der Waals surface area (Å²) in [5.41, 5.74) is 9.71. The fourth-order valence-corrected chi connectivity index (χ4v) is 4.80. The van der Waals surface area contributed by atoms with Crippen LogP contribution in [0.15, 0.2) is 61.0 Å². The fourth-order valence-electron chi connectivity index (χ4n) is 2.86. The third-order valence-electron chi connectivity index (χ3n) is 4.69. The lowest BCUT2D eigenvalue weighted by Crippen LogP contribution is -2.27. The van der Waals surface area contributed by atoms with E-state index in [2.05, 4.69) is 71.1 Å². The van der Waals surface area contributed by atoms with Gasteiger partial charge in [0.1, 0.15) is 0 Å². The average Bonchev–Trinajstić information content (AvgIpc) is 2.82. The molecule has 1 aromatic carbocycles. The number of anilines is 2. The largest absolute Gasteiger partial charge is 0.394 e. The van der Waals surface area contributed by atoms with E-state index in [4.69, 9.17) is 0 Å². The first kappa shape index (κ1) is 28.3. The van der Waals surface area contributed by atoms with Crippen LogP contribution in [-0.2, 0) is 0 Å². The van der Waals surface area contributed by atoms with Gasteiger partial charge >= 0.3 is 0 Å². The number of hydrogen-bond donors (Lipinski definition) is 4. The highest BCUT2D eigenvalue weighted by atomic mass is 33.1. The van der Waals surface area contributed by atoms with Crippen LogP contribution in [-0.4, -0.2) is 44.7 Å². The molecule has 5 nitrogen and oxygen atoms in total. The van der Waals surface area contributed by atoms with E-state index in [1.807, 2.05) is 47.0 Å². The maximum Gasteiger partial charge on any atom is 0.0553 e. The van der Waals surface area contributed by atoms with Crippen LogP contribution in [0.25, 0.3) is 0 Å². The first-order chi connectivity index (χ1) is 15.7. The molecule has 1 aromatic rings. The monoisotopic (exact) mass is 477 g/mol. The summed E-state index contributed by atoms with van der Waals surface area (Å²) in [5, 5.41) is 6.50. The van der Waals surface area contributed by atoms with E-state index in [-0.39, 0.29) is 0 Å². The van der Waals surface area contributed by atoms with Crippen molar-refractivity contribution in [1.29, 1.82) is 0 Å². The van der Waals surface area contributed by atoms with Gasteiger partial charge in [-0.2, -0.15) is 0 Å². The van der Waals surface area contributed by atoms with Crippen molar-refractivity contribution in [2.45, 2.75) is 39.5 Å². The highest BCUT2D eigenvalue weighted by molar-refractivity contribution is 8.76. The van der Waals surface area contributed by atoms with Crippen molar-refractivity contribution < 1.29 is 0 Å². The van der Waals surface area contributed by atoms with E-state index in [0.717, 1.165) is 43.3 Å². The van der Waals surface area contributed by atoms with Crippen LogP contribution in [0, 0.1) is 0 Å².